The minimum atomic E-state index is 0.425. The number of allylic oxidation sites excluding steroid dienone is 1. The topological polar surface area (TPSA) is 42.2 Å². The van der Waals surface area contributed by atoms with Gasteiger partial charge in [-0.25, -0.2) is 0 Å². The molecule has 0 aliphatic carbocycles. The summed E-state index contributed by atoms with van der Waals surface area (Å²) >= 11 is 12.3. The molecule has 0 amide bonds. The van der Waals surface area contributed by atoms with Crippen LogP contribution in [0.15, 0.2) is 48.5 Å². The molecule has 0 aliphatic rings. The molecule has 28 heavy (non-hydrogen) atoms. The predicted molar refractivity (Wildman–Crippen MR) is 116 cm³/mol. The largest absolute Gasteiger partial charge is 0.494 e. The molecule has 5 heteroatoms. The van der Waals surface area contributed by atoms with Gasteiger partial charge >= 0.3 is 0 Å². The summed E-state index contributed by atoms with van der Waals surface area (Å²) in [6.07, 6.45) is 1.80. The second kappa shape index (κ2) is 9.01. The van der Waals surface area contributed by atoms with E-state index in [1.165, 1.54) is 0 Å². The molecule has 0 fully saturated rings. The van der Waals surface area contributed by atoms with Gasteiger partial charge in [-0.05, 0) is 61.0 Å². The van der Waals surface area contributed by atoms with Gasteiger partial charge in [-0.15, -0.1) is 0 Å². The van der Waals surface area contributed by atoms with Crippen LogP contribution in [0, 0.1) is 11.3 Å². The number of fused-ring (bicyclic) bond motifs is 1. The molecule has 0 bridgehead atoms. The second-order valence-electron chi connectivity index (χ2n) is 6.02. The summed E-state index contributed by atoms with van der Waals surface area (Å²) < 4.78 is 11.5. The molecule has 3 aromatic rings. The molecule has 0 atom stereocenters. The van der Waals surface area contributed by atoms with Crippen molar-refractivity contribution in [3.05, 3.63) is 69.7 Å². The molecule has 0 unspecified atom stereocenters. The number of nitrogens with zero attached hydrogens (tertiary/aromatic N) is 1. The van der Waals surface area contributed by atoms with Crippen molar-refractivity contribution in [2.24, 2.45) is 0 Å². The number of halogens is 2. The Bertz CT molecular complexity index is 1080. The molecular weight excluding hydrogens is 393 g/mol. The van der Waals surface area contributed by atoms with Crippen molar-refractivity contribution in [1.82, 2.24) is 0 Å². The Morgan fingerprint density at radius 1 is 1.00 bits per heavy atom. The van der Waals surface area contributed by atoms with Crippen molar-refractivity contribution in [3.8, 4) is 17.6 Å². The van der Waals surface area contributed by atoms with Gasteiger partial charge in [0.2, 0.25) is 0 Å². The lowest BCUT2D eigenvalue weighted by Crippen LogP contribution is -1.96. The monoisotopic (exact) mass is 411 g/mol. The molecule has 0 saturated heterocycles. The zero-order valence-corrected chi connectivity index (χ0v) is 17.1. The fourth-order valence-corrected chi connectivity index (χ4v) is 3.52. The summed E-state index contributed by atoms with van der Waals surface area (Å²) in [5, 5.41) is 12.7. The van der Waals surface area contributed by atoms with E-state index in [1.807, 2.05) is 44.2 Å². The van der Waals surface area contributed by atoms with Crippen molar-refractivity contribution >= 4 is 45.6 Å². The van der Waals surface area contributed by atoms with Crippen LogP contribution < -0.4 is 9.47 Å². The maximum Gasteiger partial charge on any atom is 0.127 e. The van der Waals surface area contributed by atoms with Crippen LogP contribution in [-0.2, 0) is 0 Å². The van der Waals surface area contributed by atoms with Crippen LogP contribution in [0.4, 0.5) is 0 Å². The SMILES string of the molecule is CCOc1ccc2ccc(OCC)c(/C=C(/C#N)c3ccc(Cl)cc3Cl)c2c1. The smallest absolute Gasteiger partial charge is 0.127 e. The summed E-state index contributed by atoms with van der Waals surface area (Å²) in [6.45, 7) is 4.96. The molecule has 3 rings (SSSR count). The van der Waals surface area contributed by atoms with E-state index in [0.29, 0.717) is 40.1 Å². The van der Waals surface area contributed by atoms with Gasteiger partial charge in [0.1, 0.15) is 11.5 Å². The van der Waals surface area contributed by atoms with Gasteiger partial charge in [-0.2, -0.15) is 5.26 Å². The summed E-state index contributed by atoms with van der Waals surface area (Å²) in [6, 6.07) is 17.1. The Morgan fingerprint density at radius 3 is 2.43 bits per heavy atom. The quantitative estimate of drug-likeness (QED) is 0.323. The molecule has 142 valence electrons. The molecule has 0 aliphatic heterocycles. The van der Waals surface area contributed by atoms with Crippen LogP contribution in [0.1, 0.15) is 25.0 Å². The molecule has 0 saturated carbocycles. The van der Waals surface area contributed by atoms with Gasteiger partial charge in [0, 0.05) is 16.1 Å². The number of hydrogen-bond donors (Lipinski definition) is 0. The minimum absolute atomic E-state index is 0.425. The third-order valence-electron chi connectivity index (χ3n) is 4.24. The van der Waals surface area contributed by atoms with Crippen LogP contribution in [0.3, 0.4) is 0 Å². The average Bonchev–Trinajstić information content (AvgIpc) is 2.68. The van der Waals surface area contributed by atoms with E-state index in [2.05, 4.69) is 6.07 Å². The first-order valence-corrected chi connectivity index (χ1v) is 9.72. The lowest BCUT2D eigenvalue weighted by Gasteiger charge is -2.13. The van der Waals surface area contributed by atoms with E-state index in [1.54, 1.807) is 24.3 Å². The van der Waals surface area contributed by atoms with E-state index >= 15 is 0 Å². The third kappa shape index (κ3) is 4.25. The van der Waals surface area contributed by atoms with Crippen LogP contribution in [-0.4, -0.2) is 13.2 Å². The number of rotatable bonds is 6. The highest BCUT2D eigenvalue weighted by atomic mass is 35.5. The van der Waals surface area contributed by atoms with E-state index in [9.17, 15) is 5.26 Å². The van der Waals surface area contributed by atoms with Crippen LogP contribution >= 0.6 is 23.2 Å². The molecule has 0 N–H and O–H groups in total. The Balaban J connectivity index is 2.25. The Morgan fingerprint density at radius 2 is 1.75 bits per heavy atom. The first-order chi connectivity index (χ1) is 13.6. The fourth-order valence-electron chi connectivity index (χ4n) is 3.01. The molecule has 3 aromatic carbocycles. The molecule has 0 spiro atoms. The van der Waals surface area contributed by atoms with E-state index in [-0.39, 0.29) is 0 Å². The van der Waals surface area contributed by atoms with Gasteiger partial charge in [0.05, 0.1) is 29.9 Å². The second-order valence-corrected chi connectivity index (χ2v) is 6.86. The number of benzene rings is 3. The highest BCUT2D eigenvalue weighted by Crippen LogP contribution is 2.35. The highest BCUT2D eigenvalue weighted by molar-refractivity contribution is 6.36. The summed E-state index contributed by atoms with van der Waals surface area (Å²) in [5.74, 6) is 1.46. The summed E-state index contributed by atoms with van der Waals surface area (Å²) in [5.41, 5.74) is 1.86. The van der Waals surface area contributed by atoms with Crippen molar-refractivity contribution in [2.45, 2.75) is 13.8 Å². The zero-order chi connectivity index (χ0) is 20.1. The van der Waals surface area contributed by atoms with Crippen molar-refractivity contribution in [3.63, 3.8) is 0 Å². The molecule has 0 heterocycles. The Kier molecular flexibility index (Phi) is 6.46. The minimum Gasteiger partial charge on any atom is -0.494 e. The van der Waals surface area contributed by atoms with E-state index in [4.69, 9.17) is 32.7 Å². The normalized spacial score (nSPS) is 11.3. The zero-order valence-electron chi connectivity index (χ0n) is 15.6. The van der Waals surface area contributed by atoms with Crippen LogP contribution in [0.25, 0.3) is 22.4 Å². The van der Waals surface area contributed by atoms with Crippen LogP contribution in [0.2, 0.25) is 10.0 Å². The summed E-state index contributed by atoms with van der Waals surface area (Å²) in [4.78, 5) is 0. The maximum atomic E-state index is 9.79. The van der Waals surface area contributed by atoms with E-state index in [0.717, 1.165) is 22.1 Å². The third-order valence-corrected chi connectivity index (χ3v) is 4.78. The molecule has 3 nitrogen and oxygen atoms in total. The van der Waals surface area contributed by atoms with Gasteiger partial charge < -0.3 is 9.47 Å². The Labute approximate surface area is 174 Å². The van der Waals surface area contributed by atoms with E-state index < -0.39 is 0 Å². The highest BCUT2D eigenvalue weighted by Gasteiger charge is 2.13. The number of hydrogen-bond acceptors (Lipinski definition) is 3. The van der Waals surface area contributed by atoms with Crippen molar-refractivity contribution in [2.75, 3.05) is 13.2 Å². The number of nitriles is 1. The van der Waals surface area contributed by atoms with Crippen LogP contribution in [0.5, 0.6) is 11.5 Å². The number of ether oxygens (including phenoxy) is 2. The van der Waals surface area contributed by atoms with Gasteiger partial charge in [-0.3, -0.25) is 0 Å². The standard InChI is InChI=1S/C23H19Cl2NO2/c1-3-27-18-8-5-15-6-10-23(28-4-2)21(20(15)13-18)11-16(14-26)19-9-7-17(24)12-22(19)25/h5-13H,3-4H2,1-2H3/b16-11-. The van der Waals surface area contributed by atoms with Crippen molar-refractivity contribution in [1.29, 1.82) is 5.26 Å². The van der Waals surface area contributed by atoms with Crippen molar-refractivity contribution < 1.29 is 9.47 Å². The first-order valence-electron chi connectivity index (χ1n) is 8.97. The molecule has 0 aromatic heterocycles. The predicted octanol–water partition coefficient (Wildman–Crippen LogP) is 7.01. The molecule has 0 radical (unpaired) electrons. The lowest BCUT2D eigenvalue weighted by molar-refractivity contribution is 0.339. The lowest BCUT2D eigenvalue weighted by atomic mass is 9.98. The fraction of sp³-hybridized carbons (Fsp3) is 0.174. The first kappa shape index (κ1) is 20.1. The average molecular weight is 412 g/mol. The summed E-state index contributed by atoms with van der Waals surface area (Å²) in [7, 11) is 0. The van der Waals surface area contributed by atoms with Gasteiger partial charge in [0.15, 0.2) is 0 Å². The van der Waals surface area contributed by atoms with Gasteiger partial charge in [-0.1, -0.05) is 41.4 Å². The molecular formula is C23H19Cl2NO2. The maximum absolute atomic E-state index is 9.79. The van der Waals surface area contributed by atoms with Gasteiger partial charge in [0.25, 0.3) is 0 Å². The Hall–Kier alpha value is -2.67.